The molecule has 0 spiro atoms. The van der Waals surface area contributed by atoms with Gasteiger partial charge < -0.3 is 15.0 Å². The number of ether oxygens (including phenoxy) is 1. The minimum Gasteiger partial charge on any atom is -0.370 e. The second kappa shape index (κ2) is 10.3. The first-order valence-corrected chi connectivity index (χ1v) is 11.2. The summed E-state index contributed by atoms with van der Waals surface area (Å²) in [5, 5.41) is 4.35. The van der Waals surface area contributed by atoms with Gasteiger partial charge in [0.25, 0.3) is 5.91 Å². The average Bonchev–Trinajstić information content (AvgIpc) is 2.81. The molecule has 1 saturated heterocycles. The third-order valence-corrected chi connectivity index (χ3v) is 6.19. The van der Waals surface area contributed by atoms with Crippen LogP contribution in [0.5, 0.6) is 0 Å². The molecule has 31 heavy (non-hydrogen) atoms. The molecule has 6 heteroatoms. The average molecular weight is 456 g/mol. The van der Waals surface area contributed by atoms with Crippen LogP contribution in [0.15, 0.2) is 78.9 Å². The highest BCUT2D eigenvalue weighted by atomic mass is 35.5. The summed E-state index contributed by atoms with van der Waals surface area (Å²) in [5.74, 6) is -0.0705. The lowest BCUT2D eigenvalue weighted by Crippen LogP contribution is -3.15. The number of benzene rings is 3. The normalized spacial score (nSPS) is 15.6. The molecule has 0 radical (unpaired) electrons. The Morgan fingerprint density at radius 2 is 1.45 bits per heavy atom. The standard InChI is InChI=1S/C25H24Cl2N2O2/c26-20-11-12-21(22(27)17-20)24(29-13-15-31-16-14-29)25(30)28-23(18-7-3-1-4-8-18)19-9-5-2-6-10-19/h1-12,17,23-24H,13-16H2,(H,28,30)/p+1/t24-/m1/s1. The Balaban J connectivity index is 1.69. The number of rotatable bonds is 6. The summed E-state index contributed by atoms with van der Waals surface area (Å²) >= 11 is 12.7. The van der Waals surface area contributed by atoms with Gasteiger partial charge in [0.05, 0.1) is 24.3 Å². The predicted octanol–water partition coefficient (Wildman–Crippen LogP) is 3.86. The Hall–Kier alpha value is -2.37. The Morgan fingerprint density at radius 1 is 0.871 bits per heavy atom. The molecular formula is C25H25Cl2N2O2+. The molecule has 3 aromatic rings. The number of amides is 1. The van der Waals surface area contributed by atoms with Gasteiger partial charge in [0.2, 0.25) is 0 Å². The molecule has 0 aliphatic carbocycles. The van der Waals surface area contributed by atoms with Crippen molar-refractivity contribution in [2.45, 2.75) is 12.1 Å². The molecular weight excluding hydrogens is 431 g/mol. The minimum absolute atomic E-state index is 0.0705. The van der Waals surface area contributed by atoms with Gasteiger partial charge in [-0.1, -0.05) is 83.9 Å². The molecule has 1 aliphatic heterocycles. The molecule has 0 unspecified atom stereocenters. The van der Waals surface area contributed by atoms with Crippen LogP contribution in [0.1, 0.15) is 28.8 Å². The zero-order valence-electron chi connectivity index (χ0n) is 17.1. The van der Waals surface area contributed by atoms with E-state index in [0.717, 1.165) is 34.7 Å². The summed E-state index contributed by atoms with van der Waals surface area (Å²) < 4.78 is 5.53. The molecule has 3 aromatic carbocycles. The third kappa shape index (κ3) is 5.28. The van der Waals surface area contributed by atoms with Gasteiger partial charge in [-0.25, -0.2) is 0 Å². The van der Waals surface area contributed by atoms with E-state index < -0.39 is 6.04 Å². The maximum atomic E-state index is 13.8. The van der Waals surface area contributed by atoms with Crippen LogP contribution >= 0.6 is 23.2 Å². The molecule has 0 saturated carbocycles. The molecule has 160 valence electrons. The number of carbonyl (C=O) groups is 1. The fourth-order valence-corrected chi connectivity index (χ4v) is 4.60. The van der Waals surface area contributed by atoms with Gasteiger partial charge in [-0.2, -0.15) is 0 Å². The summed E-state index contributed by atoms with van der Waals surface area (Å²) in [7, 11) is 0. The molecule has 1 fully saturated rings. The molecule has 2 N–H and O–H groups in total. The first kappa shape index (κ1) is 21.8. The lowest BCUT2D eigenvalue weighted by atomic mass is 9.97. The molecule has 1 amide bonds. The van der Waals surface area contributed by atoms with E-state index in [2.05, 4.69) is 5.32 Å². The van der Waals surface area contributed by atoms with Crippen LogP contribution in [0, 0.1) is 0 Å². The molecule has 0 bridgehead atoms. The van der Waals surface area contributed by atoms with E-state index in [9.17, 15) is 4.79 Å². The number of carbonyl (C=O) groups excluding carboxylic acids is 1. The Morgan fingerprint density at radius 3 is 2.00 bits per heavy atom. The number of quaternary nitrogens is 1. The fraction of sp³-hybridized carbons (Fsp3) is 0.240. The van der Waals surface area contributed by atoms with Crippen LogP contribution in [0.3, 0.4) is 0 Å². The third-order valence-electron chi connectivity index (χ3n) is 5.63. The predicted molar refractivity (Wildman–Crippen MR) is 124 cm³/mol. The summed E-state index contributed by atoms with van der Waals surface area (Å²) in [6.07, 6.45) is 0. The molecule has 1 aliphatic rings. The monoisotopic (exact) mass is 455 g/mol. The van der Waals surface area contributed by atoms with Crippen LogP contribution in [-0.4, -0.2) is 32.2 Å². The molecule has 4 nitrogen and oxygen atoms in total. The molecule has 1 heterocycles. The van der Waals surface area contributed by atoms with Gasteiger partial charge in [0.15, 0.2) is 6.04 Å². The number of hydrogen-bond donors (Lipinski definition) is 2. The van der Waals surface area contributed by atoms with E-state index in [1.165, 1.54) is 0 Å². The number of hydrogen-bond acceptors (Lipinski definition) is 2. The Labute approximate surface area is 192 Å². The van der Waals surface area contributed by atoms with Crippen molar-refractivity contribution in [1.82, 2.24) is 5.32 Å². The zero-order valence-corrected chi connectivity index (χ0v) is 18.6. The van der Waals surface area contributed by atoms with Gasteiger partial charge in [-0.05, 0) is 29.3 Å². The fourth-order valence-electron chi connectivity index (χ4n) is 4.08. The topological polar surface area (TPSA) is 42.8 Å². The van der Waals surface area contributed by atoms with E-state index in [0.29, 0.717) is 23.3 Å². The summed E-state index contributed by atoms with van der Waals surface area (Å²) in [5.41, 5.74) is 2.83. The first-order valence-electron chi connectivity index (χ1n) is 10.4. The second-order valence-electron chi connectivity index (χ2n) is 7.63. The van der Waals surface area contributed by atoms with Gasteiger partial charge in [0.1, 0.15) is 13.1 Å². The van der Waals surface area contributed by atoms with E-state index in [1.807, 2.05) is 66.7 Å². The maximum absolute atomic E-state index is 13.8. The number of nitrogens with one attached hydrogen (secondary N) is 2. The van der Waals surface area contributed by atoms with Crippen LogP contribution < -0.4 is 10.2 Å². The van der Waals surface area contributed by atoms with Crippen molar-refractivity contribution in [2.24, 2.45) is 0 Å². The lowest BCUT2D eigenvalue weighted by molar-refractivity contribution is -0.929. The van der Waals surface area contributed by atoms with E-state index >= 15 is 0 Å². The quantitative estimate of drug-likeness (QED) is 0.592. The van der Waals surface area contributed by atoms with Gasteiger partial charge >= 0.3 is 0 Å². The van der Waals surface area contributed by atoms with E-state index in [1.54, 1.807) is 12.1 Å². The van der Waals surface area contributed by atoms with Gasteiger partial charge in [-0.3, -0.25) is 4.79 Å². The van der Waals surface area contributed by atoms with Crippen molar-refractivity contribution in [3.8, 4) is 0 Å². The number of morpholine rings is 1. The van der Waals surface area contributed by atoms with Crippen LogP contribution in [0.25, 0.3) is 0 Å². The number of halogens is 2. The van der Waals surface area contributed by atoms with Crippen molar-refractivity contribution in [1.29, 1.82) is 0 Å². The van der Waals surface area contributed by atoms with Crippen LogP contribution in [0.2, 0.25) is 10.0 Å². The van der Waals surface area contributed by atoms with Crippen molar-refractivity contribution >= 4 is 29.1 Å². The Kier molecular flexibility index (Phi) is 7.25. The van der Waals surface area contributed by atoms with Gasteiger partial charge in [0, 0.05) is 10.6 Å². The molecule has 0 aromatic heterocycles. The minimum atomic E-state index is -0.455. The zero-order chi connectivity index (χ0) is 21.6. The second-order valence-corrected chi connectivity index (χ2v) is 8.48. The van der Waals surface area contributed by atoms with Crippen molar-refractivity contribution in [3.63, 3.8) is 0 Å². The van der Waals surface area contributed by atoms with E-state index in [-0.39, 0.29) is 11.9 Å². The van der Waals surface area contributed by atoms with Crippen molar-refractivity contribution in [3.05, 3.63) is 106 Å². The van der Waals surface area contributed by atoms with E-state index in [4.69, 9.17) is 27.9 Å². The maximum Gasteiger partial charge on any atom is 0.283 e. The summed E-state index contributed by atoms with van der Waals surface area (Å²) in [6.45, 7) is 2.70. The highest BCUT2D eigenvalue weighted by molar-refractivity contribution is 6.35. The SMILES string of the molecule is O=C(NC(c1ccccc1)c1ccccc1)[C@@H](c1ccc(Cl)cc1Cl)[NH+]1CCOCC1. The van der Waals surface area contributed by atoms with Crippen LogP contribution in [0.4, 0.5) is 0 Å². The largest absolute Gasteiger partial charge is 0.370 e. The van der Waals surface area contributed by atoms with Crippen molar-refractivity contribution in [2.75, 3.05) is 26.3 Å². The molecule has 1 atom stereocenters. The highest BCUT2D eigenvalue weighted by Crippen LogP contribution is 2.27. The lowest BCUT2D eigenvalue weighted by Gasteiger charge is -2.32. The first-order chi connectivity index (χ1) is 15.1. The van der Waals surface area contributed by atoms with Crippen LogP contribution in [-0.2, 0) is 9.53 Å². The summed E-state index contributed by atoms with van der Waals surface area (Å²) in [4.78, 5) is 14.9. The molecule has 4 rings (SSSR count). The van der Waals surface area contributed by atoms with Gasteiger partial charge in [-0.15, -0.1) is 0 Å². The summed E-state index contributed by atoms with van der Waals surface area (Å²) in [6, 6.07) is 24.6. The smallest absolute Gasteiger partial charge is 0.283 e. The highest BCUT2D eigenvalue weighted by Gasteiger charge is 2.36. The Bertz CT molecular complexity index is 969. The van der Waals surface area contributed by atoms with Crippen molar-refractivity contribution < 1.29 is 14.4 Å².